The quantitative estimate of drug-likeness (QED) is 0.408. The zero-order valence-electron chi connectivity index (χ0n) is 16.3. The van der Waals surface area contributed by atoms with Gasteiger partial charge in [-0.3, -0.25) is 19.3 Å². The van der Waals surface area contributed by atoms with Crippen LogP contribution in [0, 0.1) is 0 Å². The second-order valence-corrected chi connectivity index (χ2v) is 6.90. The van der Waals surface area contributed by atoms with Crippen LogP contribution in [0.4, 0.5) is 0 Å². The number of carbonyl (C=O) groups excluding carboxylic acids is 1. The van der Waals surface area contributed by atoms with E-state index in [9.17, 15) is 19.5 Å². The molecule has 0 heterocycles. The average molecular weight is 417 g/mol. The Morgan fingerprint density at radius 2 is 1.61 bits per heavy atom. The van der Waals surface area contributed by atoms with E-state index in [1.165, 1.54) is 18.2 Å². The van der Waals surface area contributed by atoms with E-state index < -0.39 is 11.9 Å². The summed E-state index contributed by atoms with van der Waals surface area (Å²) in [6, 6.07) is 4.34. The van der Waals surface area contributed by atoms with Gasteiger partial charge in [0.2, 0.25) is 0 Å². The fourth-order valence-corrected chi connectivity index (χ4v) is 2.36. The summed E-state index contributed by atoms with van der Waals surface area (Å²) in [5.41, 5.74) is 0.170. The number of carbonyl (C=O) groups is 3. The highest BCUT2D eigenvalue weighted by molar-refractivity contribution is 6.31. The SMILES string of the molecule is CN(C)CC(=O)O.O=C(O)CCCCCCCNC(=O)c1cc(Cl)ccc1O. The van der Waals surface area contributed by atoms with E-state index in [1.807, 2.05) is 0 Å². The predicted molar refractivity (Wildman–Crippen MR) is 107 cm³/mol. The minimum Gasteiger partial charge on any atom is -0.507 e. The Labute approximate surface area is 170 Å². The van der Waals surface area contributed by atoms with Gasteiger partial charge in [-0.05, 0) is 45.1 Å². The molecule has 158 valence electrons. The second kappa shape index (κ2) is 14.7. The number of aliphatic carboxylic acids is 2. The summed E-state index contributed by atoms with van der Waals surface area (Å²) in [7, 11) is 3.43. The van der Waals surface area contributed by atoms with Crippen LogP contribution in [-0.4, -0.2) is 65.3 Å². The van der Waals surface area contributed by atoms with Crippen LogP contribution in [0.25, 0.3) is 0 Å². The number of hydrogen-bond acceptors (Lipinski definition) is 5. The van der Waals surface area contributed by atoms with Gasteiger partial charge in [-0.25, -0.2) is 0 Å². The number of unbranched alkanes of at least 4 members (excludes halogenated alkanes) is 4. The summed E-state index contributed by atoms with van der Waals surface area (Å²) in [5, 5.41) is 29.2. The largest absolute Gasteiger partial charge is 0.507 e. The number of rotatable bonds is 11. The third-order valence-electron chi connectivity index (χ3n) is 3.51. The van der Waals surface area contributed by atoms with Crippen molar-refractivity contribution < 1.29 is 29.7 Å². The molecule has 0 aliphatic rings. The molecule has 0 aliphatic carbocycles. The number of nitrogens with zero attached hydrogens (tertiary/aromatic N) is 1. The molecule has 0 saturated carbocycles. The lowest BCUT2D eigenvalue weighted by Gasteiger charge is -2.07. The molecule has 0 radical (unpaired) electrons. The van der Waals surface area contributed by atoms with Gasteiger partial charge < -0.3 is 20.6 Å². The number of aromatic hydroxyl groups is 1. The number of likely N-dealkylation sites (N-methyl/N-ethyl adjacent to an activating group) is 1. The van der Waals surface area contributed by atoms with Crippen LogP contribution in [0.3, 0.4) is 0 Å². The summed E-state index contributed by atoms with van der Waals surface area (Å²) in [6.45, 7) is 0.629. The van der Waals surface area contributed by atoms with Crippen molar-refractivity contribution in [2.24, 2.45) is 0 Å². The summed E-state index contributed by atoms with van der Waals surface area (Å²) in [6.07, 6.45) is 4.49. The van der Waals surface area contributed by atoms with Gasteiger partial charge in [0.1, 0.15) is 5.75 Å². The van der Waals surface area contributed by atoms with Gasteiger partial charge in [-0.15, -0.1) is 0 Å². The van der Waals surface area contributed by atoms with E-state index >= 15 is 0 Å². The summed E-state index contributed by atoms with van der Waals surface area (Å²) < 4.78 is 0. The minimum atomic E-state index is -0.787. The highest BCUT2D eigenvalue weighted by Gasteiger charge is 2.10. The van der Waals surface area contributed by atoms with Crippen molar-refractivity contribution >= 4 is 29.4 Å². The van der Waals surface area contributed by atoms with Crippen molar-refractivity contribution in [2.45, 2.75) is 38.5 Å². The van der Waals surface area contributed by atoms with Gasteiger partial charge in [0.25, 0.3) is 5.91 Å². The molecule has 1 rings (SSSR count). The lowest BCUT2D eigenvalue weighted by atomic mass is 10.1. The lowest BCUT2D eigenvalue weighted by molar-refractivity contribution is -0.138. The molecule has 0 spiro atoms. The molecule has 9 heteroatoms. The van der Waals surface area contributed by atoms with Gasteiger partial charge in [-0.1, -0.05) is 30.9 Å². The maximum absolute atomic E-state index is 11.8. The smallest absolute Gasteiger partial charge is 0.317 e. The van der Waals surface area contributed by atoms with E-state index in [4.69, 9.17) is 21.8 Å². The molecule has 8 nitrogen and oxygen atoms in total. The minimum absolute atomic E-state index is 0.0921. The highest BCUT2D eigenvalue weighted by atomic mass is 35.5. The molecular weight excluding hydrogens is 388 g/mol. The third kappa shape index (κ3) is 13.8. The Kier molecular flexibility index (Phi) is 13.5. The molecule has 0 fully saturated rings. The monoisotopic (exact) mass is 416 g/mol. The fraction of sp³-hybridized carbons (Fsp3) is 0.526. The van der Waals surface area contributed by atoms with Crippen LogP contribution < -0.4 is 5.32 Å². The zero-order chi connectivity index (χ0) is 21.5. The van der Waals surface area contributed by atoms with Crippen molar-refractivity contribution in [3.05, 3.63) is 28.8 Å². The maximum atomic E-state index is 11.8. The second-order valence-electron chi connectivity index (χ2n) is 6.46. The Morgan fingerprint density at radius 3 is 2.14 bits per heavy atom. The van der Waals surface area contributed by atoms with Crippen molar-refractivity contribution in [1.82, 2.24) is 10.2 Å². The number of phenols is 1. The molecule has 0 saturated heterocycles. The van der Waals surface area contributed by atoms with Gasteiger partial charge >= 0.3 is 11.9 Å². The number of halogens is 1. The Balaban J connectivity index is 0.000000887. The van der Waals surface area contributed by atoms with Crippen LogP contribution in [0.1, 0.15) is 48.9 Å². The summed E-state index contributed by atoms with van der Waals surface area (Å²) in [4.78, 5) is 33.5. The summed E-state index contributed by atoms with van der Waals surface area (Å²) in [5.74, 6) is -1.99. The van der Waals surface area contributed by atoms with Gasteiger partial charge in [-0.2, -0.15) is 0 Å². The van der Waals surface area contributed by atoms with Crippen molar-refractivity contribution in [3.8, 4) is 5.75 Å². The van der Waals surface area contributed by atoms with Gasteiger partial charge in [0, 0.05) is 18.0 Å². The van der Waals surface area contributed by atoms with E-state index in [0.717, 1.165) is 25.7 Å². The maximum Gasteiger partial charge on any atom is 0.317 e. The number of nitrogens with one attached hydrogen (secondary N) is 1. The topological polar surface area (TPSA) is 127 Å². The van der Waals surface area contributed by atoms with Crippen molar-refractivity contribution in [3.63, 3.8) is 0 Å². The lowest BCUT2D eigenvalue weighted by Crippen LogP contribution is -2.24. The van der Waals surface area contributed by atoms with Crippen molar-refractivity contribution in [2.75, 3.05) is 27.2 Å². The molecule has 0 aromatic heterocycles. The molecule has 1 amide bonds. The number of benzene rings is 1. The summed E-state index contributed by atoms with van der Waals surface area (Å²) >= 11 is 5.78. The Bertz CT molecular complexity index is 637. The molecule has 0 atom stereocenters. The first-order chi connectivity index (χ1) is 13.1. The standard InChI is InChI=1S/C15H20ClNO4.C4H9NO2/c16-11-7-8-13(18)12(10-11)15(21)17-9-5-3-1-2-4-6-14(19)20;1-5(2)3-4(6)7/h7-8,10,18H,1-6,9H2,(H,17,21)(H,19,20);3H2,1-2H3,(H,6,7). The molecule has 1 aromatic rings. The molecule has 28 heavy (non-hydrogen) atoms. The molecular formula is C19H29ClN2O6. The van der Waals surface area contributed by atoms with E-state index in [0.29, 0.717) is 18.0 Å². The number of carboxylic acids is 2. The number of hydrogen-bond donors (Lipinski definition) is 4. The van der Waals surface area contributed by atoms with Gasteiger partial charge in [0.15, 0.2) is 0 Å². The fourth-order valence-electron chi connectivity index (χ4n) is 2.19. The average Bonchev–Trinajstić information content (AvgIpc) is 2.58. The molecule has 1 aromatic carbocycles. The third-order valence-corrected chi connectivity index (χ3v) is 3.74. The van der Waals surface area contributed by atoms with E-state index in [1.54, 1.807) is 19.0 Å². The van der Waals surface area contributed by atoms with Crippen LogP contribution in [0.5, 0.6) is 5.75 Å². The van der Waals surface area contributed by atoms with Gasteiger partial charge in [0.05, 0.1) is 12.1 Å². The normalized spacial score (nSPS) is 10.1. The predicted octanol–water partition coefficient (Wildman–Crippen LogP) is 2.83. The van der Waals surface area contributed by atoms with Crippen LogP contribution in [0.2, 0.25) is 5.02 Å². The van der Waals surface area contributed by atoms with Crippen molar-refractivity contribution in [1.29, 1.82) is 0 Å². The Hall–Kier alpha value is -2.32. The highest BCUT2D eigenvalue weighted by Crippen LogP contribution is 2.21. The Morgan fingerprint density at radius 1 is 1.00 bits per heavy atom. The molecule has 0 bridgehead atoms. The first kappa shape index (κ1) is 25.7. The first-order valence-corrected chi connectivity index (χ1v) is 9.36. The molecule has 4 N–H and O–H groups in total. The van der Waals surface area contributed by atoms with Crippen LogP contribution >= 0.6 is 11.6 Å². The van der Waals surface area contributed by atoms with E-state index in [2.05, 4.69) is 5.32 Å². The first-order valence-electron chi connectivity index (χ1n) is 8.98. The van der Waals surface area contributed by atoms with Crippen LogP contribution in [0.15, 0.2) is 18.2 Å². The number of carboxylic acid groups (broad SMARTS) is 2. The molecule has 0 aliphatic heterocycles. The van der Waals surface area contributed by atoms with E-state index in [-0.39, 0.29) is 30.2 Å². The number of phenolic OH excluding ortho intramolecular Hbond substituents is 1. The zero-order valence-corrected chi connectivity index (χ0v) is 17.0. The number of amides is 1. The molecule has 0 unspecified atom stereocenters. The van der Waals surface area contributed by atoms with Crippen LogP contribution in [-0.2, 0) is 9.59 Å².